The Balaban J connectivity index is 1.60. The second-order valence-electron chi connectivity index (χ2n) is 7.73. The summed E-state index contributed by atoms with van der Waals surface area (Å²) in [6.07, 6.45) is -9.14. The molecule has 2 aromatic rings. The first kappa shape index (κ1) is 24.1. The van der Waals surface area contributed by atoms with Crippen LogP contribution in [0.1, 0.15) is 23.1 Å². The first-order chi connectivity index (χ1) is 15.0. The molecule has 1 aliphatic rings. The molecule has 1 N–H and O–H groups in total. The molecule has 0 radical (unpaired) electrons. The SMILES string of the molecule is O=C(CN1CCCN(Cc2ccccc2)CC1)Nc1cc(C(F)(F)F)cc(C(F)(F)F)c1. The molecule has 1 saturated heterocycles. The zero-order valence-electron chi connectivity index (χ0n) is 17.1. The van der Waals surface area contributed by atoms with Gasteiger partial charge in [0.05, 0.1) is 17.7 Å². The Kier molecular flexibility index (Phi) is 7.45. The van der Waals surface area contributed by atoms with E-state index < -0.39 is 35.1 Å². The zero-order valence-corrected chi connectivity index (χ0v) is 17.1. The van der Waals surface area contributed by atoms with E-state index in [1.165, 1.54) is 5.56 Å². The lowest BCUT2D eigenvalue weighted by Crippen LogP contribution is -2.36. The fraction of sp³-hybridized carbons (Fsp3) is 0.409. The number of rotatable bonds is 5. The summed E-state index contributed by atoms with van der Waals surface area (Å²) in [5.41, 5.74) is -2.29. The maximum Gasteiger partial charge on any atom is 0.416 e. The van der Waals surface area contributed by atoms with E-state index in [2.05, 4.69) is 10.2 Å². The van der Waals surface area contributed by atoms with E-state index in [1.54, 1.807) is 0 Å². The minimum atomic E-state index is -4.96. The third-order valence-corrected chi connectivity index (χ3v) is 5.17. The van der Waals surface area contributed by atoms with E-state index in [0.717, 1.165) is 19.5 Å². The minimum absolute atomic E-state index is 0.0335. The van der Waals surface area contributed by atoms with Crippen molar-refractivity contribution in [2.24, 2.45) is 0 Å². The fourth-order valence-corrected chi connectivity index (χ4v) is 3.61. The molecule has 3 rings (SSSR count). The number of nitrogens with zero attached hydrogens (tertiary/aromatic N) is 2. The minimum Gasteiger partial charge on any atom is -0.325 e. The number of benzene rings is 2. The highest BCUT2D eigenvalue weighted by Gasteiger charge is 2.37. The van der Waals surface area contributed by atoms with Crippen LogP contribution in [0, 0.1) is 0 Å². The van der Waals surface area contributed by atoms with Crippen molar-refractivity contribution in [2.45, 2.75) is 25.3 Å². The maximum absolute atomic E-state index is 13.0. The molecule has 2 aromatic carbocycles. The molecule has 1 fully saturated rings. The van der Waals surface area contributed by atoms with Crippen LogP contribution in [0.4, 0.5) is 32.0 Å². The van der Waals surface area contributed by atoms with Crippen LogP contribution in [0.3, 0.4) is 0 Å². The molecular weight excluding hydrogens is 436 g/mol. The third-order valence-electron chi connectivity index (χ3n) is 5.17. The van der Waals surface area contributed by atoms with E-state index in [4.69, 9.17) is 0 Å². The molecule has 0 aliphatic carbocycles. The normalized spacial score (nSPS) is 16.6. The Labute approximate surface area is 181 Å². The largest absolute Gasteiger partial charge is 0.416 e. The van der Waals surface area contributed by atoms with Crippen molar-refractivity contribution in [1.82, 2.24) is 9.80 Å². The first-order valence-corrected chi connectivity index (χ1v) is 10.1. The first-order valence-electron chi connectivity index (χ1n) is 10.1. The smallest absolute Gasteiger partial charge is 0.325 e. The van der Waals surface area contributed by atoms with Gasteiger partial charge in [0.2, 0.25) is 5.91 Å². The van der Waals surface area contributed by atoms with E-state index >= 15 is 0 Å². The van der Waals surface area contributed by atoms with Gasteiger partial charge in [-0.05, 0) is 43.3 Å². The van der Waals surface area contributed by atoms with Crippen LogP contribution in [0.25, 0.3) is 0 Å². The predicted molar refractivity (Wildman–Crippen MR) is 108 cm³/mol. The predicted octanol–water partition coefficient (Wildman–Crippen LogP) is 4.87. The van der Waals surface area contributed by atoms with Crippen molar-refractivity contribution < 1.29 is 31.1 Å². The Bertz CT molecular complexity index is 882. The highest BCUT2D eigenvalue weighted by atomic mass is 19.4. The lowest BCUT2D eigenvalue weighted by Gasteiger charge is -2.22. The van der Waals surface area contributed by atoms with Crippen LogP contribution in [0.15, 0.2) is 48.5 Å². The summed E-state index contributed by atoms with van der Waals surface area (Å²) >= 11 is 0. The quantitative estimate of drug-likeness (QED) is 0.648. The average Bonchev–Trinajstić information content (AvgIpc) is 2.92. The monoisotopic (exact) mass is 459 g/mol. The molecule has 0 saturated carbocycles. The van der Waals surface area contributed by atoms with Gasteiger partial charge in [-0.25, -0.2) is 0 Å². The summed E-state index contributed by atoms with van der Waals surface area (Å²) in [6, 6.07) is 11.0. The van der Waals surface area contributed by atoms with Crippen LogP contribution in [0.2, 0.25) is 0 Å². The number of hydrogen-bond donors (Lipinski definition) is 1. The highest BCUT2D eigenvalue weighted by Crippen LogP contribution is 2.37. The van der Waals surface area contributed by atoms with Crippen molar-refractivity contribution in [3.8, 4) is 0 Å². The number of halogens is 6. The summed E-state index contributed by atoms with van der Waals surface area (Å²) in [4.78, 5) is 16.5. The molecule has 10 heteroatoms. The van der Waals surface area contributed by atoms with E-state index in [0.29, 0.717) is 31.8 Å². The number of anilines is 1. The second kappa shape index (κ2) is 9.91. The zero-order chi connectivity index (χ0) is 23.4. The van der Waals surface area contributed by atoms with Crippen molar-refractivity contribution in [2.75, 3.05) is 38.0 Å². The van der Waals surface area contributed by atoms with Gasteiger partial charge in [-0.3, -0.25) is 14.6 Å². The summed E-state index contributed by atoms with van der Waals surface area (Å²) in [7, 11) is 0. The summed E-state index contributed by atoms with van der Waals surface area (Å²) in [5, 5.41) is 2.19. The van der Waals surface area contributed by atoms with Crippen molar-refractivity contribution in [3.63, 3.8) is 0 Å². The number of alkyl halides is 6. The number of hydrogen-bond acceptors (Lipinski definition) is 3. The molecule has 1 amide bonds. The Hall–Kier alpha value is -2.59. The van der Waals surface area contributed by atoms with Gasteiger partial charge in [0.15, 0.2) is 0 Å². The summed E-state index contributed by atoms with van der Waals surface area (Å²) < 4.78 is 77.9. The lowest BCUT2D eigenvalue weighted by molar-refractivity contribution is -0.143. The van der Waals surface area contributed by atoms with E-state index in [9.17, 15) is 31.1 Å². The molecule has 0 unspecified atom stereocenters. The van der Waals surface area contributed by atoms with E-state index in [-0.39, 0.29) is 12.6 Å². The van der Waals surface area contributed by atoms with Crippen molar-refractivity contribution >= 4 is 11.6 Å². The fourth-order valence-electron chi connectivity index (χ4n) is 3.61. The number of amides is 1. The van der Waals surface area contributed by atoms with Gasteiger partial charge in [0, 0.05) is 25.3 Å². The Morgan fingerprint density at radius 3 is 1.97 bits per heavy atom. The molecule has 32 heavy (non-hydrogen) atoms. The molecule has 4 nitrogen and oxygen atoms in total. The van der Waals surface area contributed by atoms with Crippen LogP contribution in [-0.4, -0.2) is 48.4 Å². The number of carbonyl (C=O) groups excluding carboxylic acids is 1. The molecule has 174 valence electrons. The highest BCUT2D eigenvalue weighted by molar-refractivity contribution is 5.92. The van der Waals surface area contributed by atoms with Gasteiger partial charge < -0.3 is 5.32 Å². The van der Waals surface area contributed by atoms with Crippen molar-refractivity contribution in [1.29, 1.82) is 0 Å². The van der Waals surface area contributed by atoms with Crippen molar-refractivity contribution in [3.05, 3.63) is 65.2 Å². The maximum atomic E-state index is 13.0. The van der Waals surface area contributed by atoms with Gasteiger partial charge >= 0.3 is 12.4 Å². The Morgan fingerprint density at radius 2 is 1.38 bits per heavy atom. The third kappa shape index (κ3) is 6.96. The average molecular weight is 459 g/mol. The van der Waals surface area contributed by atoms with Gasteiger partial charge in [0.25, 0.3) is 0 Å². The van der Waals surface area contributed by atoms with Crippen LogP contribution < -0.4 is 5.32 Å². The second-order valence-corrected chi connectivity index (χ2v) is 7.73. The Morgan fingerprint density at radius 1 is 0.812 bits per heavy atom. The topological polar surface area (TPSA) is 35.6 Å². The van der Waals surface area contributed by atoms with Gasteiger partial charge in [-0.15, -0.1) is 0 Å². The standard InChI is InChI=1S/C22H23F6N3O/c23-21(24,25)17-11-18(22(26,27)28)13-19(12-17)29-20(32)15-31-8-4-7-30(9-10-31)14-16-5-2-1-3-6-16/h1-3,5-6,11-13H,4,7-10,14-15H2,(H,29,32). The van der Waals surface area contributed by atoms with Gasteiger partial charge in [0.1, 0.15) is 0 Å². The molecular formula is C22H23F6N3O. The summed E-state index contributed by atoms with van der Waals surface area (Å²) in [5.74, 6) is -0.658. The van der Waals surface area contributed by atoms with Crippen LogP contribution in [-0.2, 0) is 23.7 Å². The molecule has 1 aliphatic heterocycles. The van der Waals surface area contributed by atoms with Crippen LogP contribution >= 0.6 is 0 Å². The molecule has 0 spiro atoms. The molecule has 0 bridgehead atoms. The van der Waals surface area contributed by atoms with Crippen LogP contribution in [0.5, 0.6) is 0 Å². The molecule has 1 heterocycles. The number of nitrogens with one attached hydrogen (secondary N) is 1. The van der Waals surface area contributed by atoms with E-state index in [1.807, 2.05) is 35.2 Å². The van der Waals surface area contributed by atoms with Gasteiger partial charge in [-0.1, -0.05) is 30.3 Å². The molecule has 0 atom stereocenters. The number of carbonyl (C=O) groups is 1. The lowest BCUT2D eigenvalue weighted by atomic mass is 10.1. The molecule has 0 aromatic heterocycles. The van der Waals surface area contributed by atoms with Gasteiger partial charge in [-0.2, -0.15) is 26.3 Å². The summed E-state index contributed by atoms with van der Waals surface area (Å²) in [6.45, 7) is 3.35.